The summed E-state index contributed by atoms with van der Waals surface area (Å²) in [6, 6.07) is 3.97. The Bertz CT molecular complexity index is 442. The third-order valence-corrected chi connectivity index (χ3v) is 2.28. The smallest absolute Gasteiger partial charge is 0.314 e. The lowest BCUT2D eigenvalue weighted by Crippen LogP contribution is -2.12. The molecule has 0 aromatic heterocycles. The molecule has 1 atom stereocenters. The van der Waals surface area contributed by atoms with Crippen LogP contribution in [-0.4, -0.2) is 22.6 Å². The molecule has 6 nitrogen and oxygen atoms in total. The predicted octanol–water partition coefficient (Wildman–Crippen LogP) is 1.16. The SMILES string of the molecule is O=C(O)[C@H]1COc2ccc([N+](=O)[O-])cc21. The molecule has 78 valence electrons. The van der Waals surface area contributed by atoms with Gasteiger partial charge >= 0.3 is 5.97 Å². The molecule has 0 saturated heterocycles. The molecular weight excluding hydrogens is 202 g/mol. The molecule has 2 rings (SSSR count). The van der Waals surface area contributed by atoms with Crippen molar-refractivity contribution in [3.63, 3.8) is 0 Å². The summed E-state index contributed by atoms with van der Waals surface area (Å²) in [6.45, 7) is 0.0336. The van der Waals surface area contributed by atoms with Gasteiger partial charge in [0.1, 0.15) is 18.3 Å². The minimum Gasteiger partial charge on any atom is -0.492 e. The van der Waals surface area contributed by atoms with Crippen molar-refractivity contribution in [2.45, 2.75) is 5.92 Å². The molecule has 15 heavy (non-hydrogen) atoms. The Morgan fingerprint density at radius 1 is 1.60 bits per heavy atom. The number of aliphatic carboxylic acids is 1. The van der Waals surface area contributed by atoms with E-state index < -0.39 is 16.8 Å². The van der Waals surface area contributed by atoms with Crippen LogP contribution in [0, 0.1) is 10.1 Å². The molecule has 0 bridgehead atoms. The van der Waals surface area contributed by atoms with Crippen LogP contribution >= 0.6 is 0 Å². The van der Waals surface area contributed by atoms with Crippen LogP contribution in [0.1, 0.15) is 11.5 Å². The van der Waals surface area contributed by atoms with Gasteiger partial charge in [0.15, 0.2) is 0 Å². The molecule has 1 heterocycles. The van der Waals surface area contributed by atoms with Crippen LogP contribution in [0.4, 0.5) is 5.69 Å². The zero-order valence-corrected chi connectivity index (χ0v) is 7.54. The highest BCUT2D eigenvalue weighted by atomic mass is 16.6. The van der Waals surface area contributed by atoms with Gasteiger partial charge in [-0.05, 0) is 6.07 Å². The molecule has 0 saturated carbocycles. The first-order valence-corrected chi connectivity index (χ1v) is 4.23. The van der Waals surface area contributed by atoms with Gasteiger partial charge < -0.3 is 9.84 Å². The number of hydrogen-bond acceptors (Lipinski definition) is 4. The van der Waals surface area contributed by atoms with Crippen molar-refractivity contribution in [1.29, 1.82) is 0 Å². The van der Waals surface area contributed by atoms with Gasteiger partial charge in [-0.25, -0.2) is 0 Å². The number of ether oxygens (including phenoxy) is 1. The zero-order valence-electron chi connectivity index (χ0n) is 7.54. The normalized spacial score (nSPS) is 18.0. The van der Waals surface area contributed by atoms with E-state index in [9.17, 15) is 14.9 Å². The summed E-state index contributed by atoms with van der Waals surface area (Å²) in [5.41, 5.74) is 0.252. The number of hydrogen-bond donors (Lipinski definition) is 1. The molecule has 0 fully saturated rings. The number of carbonyl (C=O) groups is 1. The van der Waals surface area contributed by atoms with Crippen molar-refractivity contribution in [2.24, 2.45) is 0 Å². The van der Waals surface area contributed by atoms with Crippen molar-refractivity contribution in [3.8, 4) is 5.75 Å². The minimum absolute atomic E-state index is 0.0336. The molecule has 1 aromatic rings. The summed E-state index contributed by atoms with van der Waals surface area (Å²) in [4.78, 5) is 20.7. The van der Waals surface area contributed by atoms with E-state index in [1.807, 2.05) is 0 Å². The van der Waals surface area contributed by atoms with Crippen LogP contribution in [0.5, 0.6) is 5.75 Å². The first-order valence-electron chi connectivity index (χ1n) is 4.23. The van der Waals surface area contributed by atoms with Gasteiger partial charge in [-0.15, -0.1) is 0 Å². The average Bonchev–Trinajstić information content (AvgIpc) is 2.59. The number of fused-ring (bicyclic) bond motifs is 1. The first kappa shape index (κ1) is 9.45. The Labute approximate surface area is 84.2 Å². The predicted molar refractivity (Wildman–Crippen MR) is 49.0 cm³/mol. The largest absolute Gasteiger partial charge is 0.492 e. The van der Waals surface area contributed by atoms with E-state index in [4.69, 9.17) is 9.84 Å². The number of carboxylic acid groups (broad SMARTS) is 1. The number of carboxylic acids is 1. The van der Waals surface area contributed by atoms with Crippen molar-refractivity contribution in [3.05, 3.63) is 33.9 Å². The van der Waals surface area contributed by atoms with Crippen molar-refractivity contribution >= 4 is 11.7 Å². The summed E-state index contributed by atoms with van der Waals surface area (Å²) in [5.74, 6) is -1.43. The molecule has 1 aromatic carbocycles. The maximum absolute atomic E-state index is 10.8. The Morgan fingerprint density at radius 2 is 2.33 bits per heavy atom. The summed E-state index contributed by atoms with van der Waals surface area (Å²) in [7, 11) is 0. The van der Waals surface area contributed by atoms with Gasteiger partial charge in [0.05, 0.1) is 4.92 Å². The highest BCUT2D eigenvalue weighted by Crippen LogP contribution is 2.36. The number of nitro groups is 1. The second-order valence-corrected chi connectivity index (χ2v) is 3.18. The quantitative estimate of drug-likeness (QED) is 0.583. The minimum atomic E-state index is -1.03. The van der Waals surface area contributed by atoms with E-state index in [0.29, 0.717) is 11.3 Å². The van der Waals surface area contributed by atoms with Crippen LogP contribution in [0.3, 0.4) is 0 Å². The van der Waals surface area contributed by atoms with E-state index in [1.54, 1.807) is 0 Å². The monoisotopic (exact) mass is 209 g/mol. The van der Waals surface area contributed by atoms with E-state index in [1.165, 1.54) is 18.2 Å². The van der Waals surface area contributed by atoms with Gasteiger partial charge in [-0.2, -0.15) is 0 Å². The van der Waals surface area contributed by atoms with Crippen LogP contribution in [0.25, 0.3) is 0 Å². The molecule has 0 spiro atoms. The molecule has 1 aliphatic rings. The Kier molecular flexibility index (Phi) is 2.03. The van der Waals surface area contributed by atoms with Gasteiger partial charge in [0.2, 0.25) is 0 Å². The van der Waals surface area contributed by atoms with Crippen molar-refractivity contribution < 1.29 is 19.6 Å². The van der Waals surface area contributed by atoms with Gasteiger partial charge in [0.25, 0.3) is 5.69 Å². The lowest BCUT2D eigenvalue weighted by atomic mass is 10.0. The second-order valence-electron chi connectivity index (χ2n) is 3.18. The fraction of sp³-hybridized carbons (Fsp3) is 0.222. The molecule has 6 heteroatoms. The standard InChI is InChI=1S/C9H7NO5/c11-9(12)7-4-15-8-2-1-5(10(13)14)3-6(7)8/h1-3,7H,4H2,(H,11,12)/t7-/m0/s1. The van der Waals surface area contributed by atoms with Crippen LogP contribution in [0.2, 0.25) is 0 Å². The second kappa shape index (κ2) is 3.23. The van der Waals surface area contributed by atoms with Crippen LogP contribution < -0.4 is 4.74 Å². The fourth-order valence-electron chi connectivity index (χ4n) is 1.52. The summed E-state index contributed by atoms with van der Waals surface area (Å²) < 4.78 is 5.10. The van der Waals surface area contributed by atoms with Crippen molar-refractivity contribution in [2.75, 3.05) is 6.61 Å². The van der Waals surface area contributed by atoms with Crippen molar-refractivity contribution in [1.82, 2.24) is 0 Å². The van der Waals surface area contributed by atoms with Gasteiger partial charge in [0, 0.05) is 17.7 Å². The Balaban J connectivity index is 2.46. The number of rotatable bonds is 2. The molecule has 0 aliphatic carbocycles. The maximum atomic E-state index is 10.8. The number of nitrogens with zero attached hydrogens (tertiary/aromatic N) is 1. The van der Waals surface area contributed by atoms with Gasteiger partial charge in [-0.1, -0.05) is 0 Å². The molecule has 1 N–H and O–H groups in total. The summed E-state index contributed by atoms with van der Waals surface area (Å²) in [5, 5.41) is 19.3. The maximum Gasteiger partial charge on any atom is 0.314 e. The van der Waals surface area contributed by atoms with E-state index >= 15 is 0 Å². The zero-order chi connectivity index (χ0) is 11.0. The van der Waals surface area contributed by atoms with E-state index in [2.05, 4.69) is 0 Å². The highest BCUT2D eigenvalue weighted by molar-refractivity contribution is 5.79. The molecule has 0 amide bonds. The van der Waals surface area contributed by atoms with E-state index in [-0.39, 0.29) is 12.3 Å². The van der Waals surface area contributed by atoms with Crippen LogP contribution in [0.15, 0.2) is 18.2 Å². The fourth-order valence-corrected chi connectivity index (χ4v) is 1.52. The summed E-state index contributed by atoms with van der Waals surface area (Å²) >= 11 is 0. The number of nitro benzene ring substituents is 1. The Morgan fingerprint density at radius 3 is 2.93 bits per heavy atom. The highest BCUT2D eigenvalue weighted by Gasteiger charge is 2.31. The van der Waals surface area contributed by atoms with Gasteiger partial charge in [-0.3, -0.25) is 14.9 Å². The number of non-ortho nitro benzene ring substituents is 1. The lowest BCUT2D eigenvalue weighted by molar-refractivity contribution is -0.384. The molecule has 0 unspecified atom stereocenters. The van der Waals surface area contributed by atoms with Crippen LogP contribution in [-0.2, 0) is 4.79 Å². The average molecular weight is 209 g/mol. The topological polar surface area (TPSA) is 89.7 Å². The third-order valence-electron chi connectivity index (χ3n) is 2.28. The molecular formula is C9H7NO5. The first-order chi connectivity index (χ1) is 7.09. The number of benzene rings is 1. The Hall–Kier alpha value is -2.11. The van der Waals surface area contributed by atoms with E-state index in [0.717, 1.165) is 0 Å². The lowest BCUT2D eigenvalue weighted by Gasteiger charge is -2.00. The molecule has 1 aliphatic heterocycles. The third kappa shape index (κ3) is 1.50. The molecule has 0 radical (unpaired) electrons. The summed E-state index contributed by atoms with van der Waals surface area (Å²) in [6.07, 6.45) is 0.